The van der Waals surface area contributed by atoms with Crippen molar-refractivity contribution in [2.45, 2.75) is 0 Å². The van der Waals surface area contributed by atoms with Crippen molar-refractivity contribution in [2.75, 3.05) is 0 Å². The monoisotopic (exact) mass is 214 g/mol. The van der Waals surface area contributed by atoms with Gasteiger partial charge in [-0.1, -0.05) is 0 Å². The maximum Gasteiger partial charge on any atom is 0.511 e. The first kappa shape index (κ1) is 8.39. The fourth-order valence-corrected chi connectivity index (χ4v) is 1.91. The van der Waals surface area contributed by atoms with E-state index in [1.807, 2.05) is 0 Å². The van der Waals surface area contributed by atoms with E-state index in [1.165, 1.54) is 11.3 Å². The van der Waals surface area contributed by atoms with Gasteiger partial charge in [0.25, 0.3) is 5.71 Å². The van der Waals surface area contributed by atoms with Crippen molar-refractivity contribution >= 4 is 41.8 Å². The molecule has 0 spiro atoms. The molecule has 0 saturated carbocycles. The van der Waals surface area contributed by atoms with Crippen LogP contribution in [0.25, 0.3) is 0 Å². The van der Waals surface area contributed by atoms with Crippen LogP contribution in [0.1, 0.15) is 5.01 Å². The summed E-state index contributed by atoms with van der Waals surface area (Å²) in [7, 11) is 0. The number of carbonyl (C=O) groups is 2. The van der Waals surface area contributed by atoms with Gasteiger partial charge in [-0.25, -0.2) is 9.78 Å². The zero-order valence-electron chi connectivity index (χ0n) is 6.22. The van der Waals surface area contributed by atoms with E-state index >= 15 is 0 Å². The van der Waals surface area contributed by atoms with E-state index < -0.39 is 11.9 Å². The Morgan fingerprint density at radius 1 is 1.54 bits per heavy atom. The molecular formula is C6H4N3O2S2+. The van der Waals surface area contributed by atoms with Crippen LogP contribution in [0.5, 0.6) is 0 Å². The van der Waals surface area contributed by atoms with Crippen LogP contribution in [0, 0.1) is 0 Å². The Morgan fingerprint density at radius 2 is 2.31 bits per heavy atom. The van der Waals surface area contributed by atoms with Crippen molar-refractivity contribution in [1.29, 1.82) is 0 Å². The number of urea groups is 1. The normalized spacial score (nSPS) is 16.7. The Kier molecular flexibility index (Phi) is 1.89. The summed E-state index contributed by atoms with van der Waals surface area (Å²) in [6.45, 7) is 0. The summed E-state index contributed by atoms with van der Waals surface area (Å²) < 4.78 is 0.959. The first-order valence-electron chi connectivity index (χ1n) is 3.31. The molecule has 3 amide bonds. The minimum Gasteiger partial charge on any atom is -0.240 e. The highest BCUT2D eigenvalue weighted by molar-refractivity contribution is 7.74. The fraction of sp³-hybridized carbons (Fsp3) is 0. The van der Waals surface area contributed by atoms with E-state index in [4.69, 9.17) is 0 Å². The predicted molar refractivity (Wildman–Crippen MR) is 49.0 cm³/mol. The van der Waals surface area contributed by atoms with Gasteiger partial charge in [-0.05, 0) is 0 Å². The van der Waals surface area contributed by atoms with Crippen LogP contribution in [0.4, 0.5) is 4.79 Å². The van der Waals surface area contributed by atoms with Gasteiger partial charge in [-0.15, -0.1) is 15.3 Å². The average Bonchev–Trinajstić information content (AvgIpc) is 2.63. The molecular weight excluding hydrogens is 210 g/mol. The van der Waals surface area contributed by atoms with E-state index in [-0.39, 0.29) is 5.71 Å². The number of rotatable bonds is 1. The molecule has 0 aromatic carbocycles. The lowest BCUT2D eigenvalue weighted by atomic mass is 10.4. The molecule has 0 aliphatic carbocycles. The lowest BCUT2D eigenvalue weighted by molar-refractivity contribution is -0.220. The molecule has 1 aliphatic rings. The SMILES string of the molecule is O=C1NC(=O)[N+](S)=C1c1nccs1. The van der Waals surface area contributed by atoms with Crippen LogP contribution in [-0.4, -0.2) is 26.6 Å². The van der Waals surface area contributed by atoms with Crippen LogP contribution < -0.4 is 5.32 Å². The van der Waals surface area contributed by atoms with Gasteiger partial charge in [-0.2, -0.15) is 10.1 Å². The minimum atomic E-state index is -0.543. The maximum atomic E-state index is 11.2. The summed E-state index contributed by atoms with van der Waals surface area (Å²) >= 11 is 5.14. The molecule has 0 fully saturated rings. The fourth-order valence-electron chi connectivity index (χ4n) is 0.935. The summed E-state index contributed by atoms with van der Waals surface area (Å²) in [5.41, 5.74) is 0.184. The zero-order valence-corrected chi connectivity index (χ0v) is 7.93. The molecule has 2 heterocycles. The molecule has 1 aromatic heterocycles. The molecule has 2 rings (SSSR count). The quantitative estimate of drug-likeness (QED) is 0.512. The van der Waals surface area contributed by atoms with Crippen molar-refractivity contribution in [3.63, 3.8) is 0 Å². The van der Waals surface area contributed by atoms with E-state index in [9.17, 15) is 9.59 Å². The molecule has 66 valence electrons. The number of carbonyl (C=O) groups excluding carboxylic acids is 2. The molecule has 1 aliphatic heterocycles. The second kappa shape index (κ2) is 2.93. The third kappa shape index (κ3) is 1.25. The third-order valence-corrected chi connectivity index (χ3v) is 2.64. The molecule has 0 atom stereocenters. The van der Waals surface area contributed by atoms with Crippen LogP contribution in [0.2, 0.25) is 0 Å². The number of imide groups is 1. The first-order chi connectivity index (χ1) is 6.20. The molecule has 1 N–H and O–H groups in total. The molecule has 0 unspecified atom stereocenters. The Bertz CT molecular complexity index is 410. The highest BCUT2D eigenvalue weighted by atomic mass is 32.1. The van der Waals surface area contributed by atoms with Gasteiger partial charge in [0.1, 0.15) is 0 Å². The van der Waals surface area contributed by atoms with Gasteiger partial charge in [0.05, 0.1) is 12.8 Å². The second-order valence-corrected chi connectivity index (χ2v) is 3.55. The lowest BCUT2D eigenvalue weighted by Gasteiger charge is -1.85. The van der Waals surface area contributed by atoms with Gasteiger partial charge in [-0.3, -0.25) is 0 Å². The predicted octanol–water partition coefficient (Wildman–Crippen LogP) is 0.0393. The second-order valence-electron chi connectivity index (χ2n) is 2.26. The molecule has 0 saturated heterocycles. The third-order valence-electron chi connectivity index (χ3n) is 1.47. The zero-order chi connectivity index (χ0) is 9.42. The number of hydrogen-bond acceptors (Lipinski definition) is 5. The lowest BCUT2D eigenvalue weighted by Crippen LogP contribution is -2.25. The molecule has 0 radical (unpaired) electrons. The van der Waals surface area contributed by atoms with Gasteiger partial charge < -0.3 is 0 Å². The number of aromatic nitrogens is 1. The van der Waals surface area contributed by atoms with E-state index in [0.717, 1.165) is 3.98 Å². The smallest absolute Gasteiger partial charge is 0.240 e. The van der Waals surface area contributed by atoms with Crippen molar-refractivity contribution in [1.82, 2.24) is 10.3 Å². The van der Waals surface area contributed by atoms with E-state index in [1.54, 1.807) is 11.6 Å². The number of hydrogen-bond donors (Lipinski definition) is 2. The molecule has 1 aromatic rings. The number of amides is 3. The van der Waals surface area contributed by atoms with Crippen LogP contribution >= 0.6 is 24.2 Å². The Labute approximate surface area is 82.6 Å². The molecule has 0 bridgehead atoms. The minimum absolute atomic E-state index is 0.184. The first-order valence-corrected chi connectivity index (χ1v) is 4.59. The number of thiol groups is 1. The summed E-state index contributed by atoms with van der Waals surface area (Å²) in [5, 5.41) is 4.31. The van der Waals surface area contributed by atoms with Crippen LogP contribution in [0.3, 0.4) is 0 Å². The topological polar surface area (TPSA) is 62.1 Å². The number of nitrogens with zero attached hydrogens (tertiary/aromatic N) is 2. The highest BCUT2D eigenvalue weighted by Gasteiger charge is 2.39. The molecule has 13 heavy (non-hydrogen) atoms. The van der Waals surface area contributed by atoms with Crippen LogP contribution in [0.15, 0.2) is 11.6 Å². The van der Waals surface area contributed by atoms with Gasteiger partial charge >= 0.3 is 11.9 Å². The Balaban J connectivity index is 2.54. The molecule has 5 nitrogen and oxygen atoms in total. The van der Waals surface area contributed by atoms with Gasteiger partial charge in [0.2, 0.25) is 0 Å². The number of nitrogens with one attached hydrogen (secondary N) is 1. The van der Waals surface area contributed by atoms with Gasteiger partial charge in [0.15, 0.2) is 5.01 Å². The summed E-state index contributed by atoms with van der Waals surface area (Å²) in [6.07, 6.45) is 1.56. The van der Waals surface area contributed by atoms with E-state index in [0.29, 0.717) is 5.01 Å². The van der Waals surface area contributed by atoms with Crippen molar-refractivity contribution in [3.8, 4) is 0 Å². The standard InChI is InChI=1S/C6H3N3O2S2/c10-4-3(5-7-1-2-13-5)9(12)6(11)8-4/h1-2H,(H-,7,8,10,11,12)/p+1. The Morgan fingerprint density at radius 3 is 2.77 bits per heavy atom. The summed E-state index contributed by atoms with van der Waals surface area (Å²) in [5.74, 6) is -0.463. The van der Waals surface area contributed by atoms with Crippen molar-refractivity contribution < 1.29 is 13.6 Å². The summed E-state index contributed by atoms with van der Waals surface area (Å²) in [4.78, 5) is 26.1. The van der Waals surface area contributed by atoms with E-state index in [2.05, 4.69) is 23.1 Å². The van der Waals surface area contributed by atoms with Gasteiger partial charge in [0, 0.05) is 11.6 Å². The molecule has 7 heteroatoms. The van der Waals surface area contributed by atoms with Crippen molar-refractivity contribution in [2.24, 2.45) is 0 Å². The number of thiazole rings is 1. The average molecular weight is 214 g/mol. The highest BCUT2D eigenvalue weighted by Crippen LogP contribution is 2.10. The summed E-state index contributed by atoms with van der Waals surface area (Å²) in [6, 6.07) is -0.543. The maximum absolute atomic E-state index is 11.2. The van der Waals surface area contributed by atoms with Crippen LogP contribution in [-0.2, 0) is 4.79 Å². The Hall–Kier alpha value is -1.21. The van der Waals surface area contributed by atoms with Crippen molar-refractivity contribution in [3.05, 3.63) is 16.6 Å². The largest absolute Gasteiger partial charge is 0.511 e.